The minimum atomic E-state index is -3.34. The van der Waals surface area contributed by atoms with E-state index < -0.39 is 10.0 Å². The van der Waals surface area contributed by atoms with Gasteiger partial charge in [-0.3, -0.25) is 4.31 Å². The topological polar surface area (TPSA) is 61.4 Å². The number of nitrogens with one attached hydrogen (secondary N) is 2. The first kappa shape index (κ1) is 22.8. The molecule has 5 nitrogen and oxygen atoms in total. The fourth-order valence-electron chi connectivity index (χ4n) is 3.40. The van der Waals surface area contributed by atoms with Crippen LogP contribution in [-0.2, 0) is 10.0 Å². The van der Waals surface area contributed by atoms with Gasteiger partial charge in [-0.25, -0.2) is 8.42 Å². The molecule has 0 fully saturated rings. The maximum Gasteiger partial charge on any atom is 0.231 e. The molecule has 1 atom stereocenters. The van der Waals surface area contributed by atoms with Gasteiger partial charge in [-0.15, -0.1) is 0 Å². The molecular weight excluding hydrogens is 426 g/mol. The fourth-order valence-corrected chi connectivity index (χ4v) is 4.14. The third-order valence-corrected chi connectivity index (χ3v) is 6.54. The van der Waals surface area contributed by atoms with Gasteiger partial charge in [-0.05, 0) is 61.0 Å². The van der Waals surface area contributed by atoms with Crippen molar-refractivity contribution in [2.75, 3.05) is 22.9 Å². The van der Waals surface area contributed by atoms with E-state index in [1.807, 2.05) is 24.3 Å². The summed E-state index contributed by atoms with van der Waals surface area (Å²) in [6, 6.07) is 23.5. The standard InChI is InChI=1S/C24H27N3O2S2/c1-17-13-14-22(18(2)15-17)23(19-9-6-5-7-10-19)26-24(30)25-20-11-8-12-21(16-20)27(3)31(4,28)29/h5-16,23H,1-4H3,(H2,25,26,30). The van der Waals surface area contributed by atoms with E-state index >= 15 is 0 Å². The molecule has 3 aromatic rings. The van der Waals surface area contributed by atoms with E-state index in [-0.39, 0.29) is 6.04 Å². The highest BCUT2D eigenvalue weighted by Crippen LogP contribution is 2.26. The highest BCUT2D eigenvalue weighted by atomic mass is 32.2. The Labute approximate surface area is 190 Å². The second-order valence-corrected chi connectivity index (χ2v) is 10.0. The number of sulfonamides is 1. The lowest BCUT2D eigenvalue weighted by molar-refractivity contribution is 0.600. The summed E-state index contributed by atoms with van der Waals surface area (Å²) >= 11 is 5.61. The zero-order valence-electron chi connectivity index (χ0n) is 18.1. The van der Waals surface area contributed by atoms with Crippen molar-refractivity contribution in [1.29, 1.82) is 0 Å². The zero-order chi connectivity index (χ0) is 22.6. The molecule has 0 aliphatic carbocycles. The van der Waals surface area contributed by atoms with Gasteiger partial charge in [0.1, 0.15) is 0 Å². The Balaban J connectivity index is 1.85. The van der Waals surface area contributed by atoms with Gasteiger partial charge in [0.15, 0.2) is 5.11 Å². The highest BCUT2D eigenvalue weighted by Gasteiger charge is 2.18. The van der Waals surface area contributed by atoms with Crippen LogP contribution in [-0.4, -0.2) is 26.8 Å². The van der Waals surface area contributed by atoms with E-state index in [1.54, 1.807) is 18.2 Å². The van der Waals surface area contributed by atoms with Crippen molar-refractivity contribution in [1.82, 2.24) is 5.32 Å². The van der Waals surface area contributed by atoms with Crippen LogP contribution in [0.2, 0.25) is 0 Å². The molecule has 3 rings (SSSR count). The molecular formula is C24H27N3O2S2. The Bertz CT molecular complexity index is 1180. The largest absolute Gasteiger partial charge is 0.352 e. The summed E-state index contributed by atoms with van der Waals surface area (Å²) in [5.41, 5.74) is 5.90. The molecule has 0 aromatic heterocycles. The molecule has 2 N–H and O–H groups in total. The van der Waals surface area contributed by atoms with Crippen LogP contribution in [0.1, 0.15) is 28.3 Å². The SMILES string of the molecule is Cc1ccc(C(NC(=S)Nc2cccc(N(C)S(C)(=O)=O)c2)c2ccccc2)c(C)c1. The van der Waals surface area contributed by atoms with E-state index in [2.05, 4.69) is 54.8 Å². The van der Waals surface area contributed by atoms with Gasteiger partial charge < -0.3 is 10.6 Å². The van der Waals surface area contributed by atoms with Crippen LogP contribution in [0.15, 0.2) is 72.8 Å². The Hall–Kier alpha value is -2.90. The van der Waals surface area contributed by atoms with Gasteiger partial charge in [-0.2, -0.15) is 0 Å². The van der Waals surface area contributed by atoms with Crippen LogP contribution in [0, 0.1) is 13.8 Å². The van der Waals surface area contributed by atoms with Crippen molar-refractivity contribution in [3.05, 3.63) is 95.1 Å². The van der Waals surface area contributed by atoms with Gasteiger partial charge >= 0.3 is 0 Å². The number of benzene rings is 3. The molecule has 31 heavy (non-hydrogen) atoms. The normalized spacial score (nSPS) is 12.1. The zero-order valence-corrected chi connectivity index (χ0v) is 19.7. The molecule has 0 aliphatic rings. The molecule has 0 aliphatic heterocycles. The number of hydrogen-bond donors (Lipinski definition) is 2. The molecule has 0 saturated carbocycles. The summed E-state index contributed by atoms with van der Waals surface area (Å²) in [6.07, 6.45) is 1.17. The summed E-state index contributed by atoms with van der Waals surface area (Å²) < 4.78 is 24.9. The predicted octanol–water partition coefficient (Wildman–Crippen LogP) is 4.78. The third kappa shape index (κ3) is 5.83. The molecule has 7 heteroatoms. The van der Waals surface area contributed by atoms with Gasteiger partial charge in [0.25, 0.3) is 0 Å². The fraction of sp³-hybridized carbons (Fsp3) is 0.208. The second kappa shape index (κ2) is 9.49. The molecule has 162 valence electrons. The number of anilines is 2. The first-order valence-electron chi connectivity index (χ1n) is 9.89. The number of thiocarbonyl (C=S) groups is 1. The minimum absolute atomic E-state index is 0.122. The lowest BCUT2D eigenvalue weighted by Gasteiger charge is -2.24. The smallest absolute Gasteiger partial charge is 0.231 e. The number of nitrogens with zero attached hydrogens (tertiary/aromatic N) is 1. The molecule has 0 heterocycles. The van der Waals surface area contributed by atoms with Crippen LogP contribution in [0.25, 0.3) is 0 Å². The van der Waals surface area contributed by atoms with Crippen molar-refractivity contribution >= 4 is 38.7 Å². The monoisotopic (exact) mass is 453 g/mol. The quantitative estimate of drug-likeness (QED) is 0.526. The molecule has 0 bridgehead atoms. The maximum atomic E-state index is 11.8. The number of hydrogen-bond acceptors (Lipinski definition) is 3. The Morgan fingerprint density at radius 2 is 1.68 bits per heavy atom. The maximum absolute atomic E-state index is 11.8. The van der Waals surface area contributed by atoms with Crippen molar-refractivity contribution in [2.24, 2.45) is 0 Å². The summed E-state index contributed by atoms with van der Waals surface area (Å²) in [7, 11) is -1.82. The Morgan fingerprint density at radius 3 is 2.32 bits per heavy atom. The van der Waals surface area contributed by atoms with E-state index in [1.165, 1.54) is 28.7 Å². The predicted molar refractivity (Wildman–Crippen MR) is 133 cm³/mol. The van der Waals surface area contributed by atoms with Crippen LogP contribution in [0.5, 0.6) is 0 Å². The molecule has 0 amide bonds. The van der Waals surface area contributed by atoms with Crippen LogP contribution in [0.4, 0.5) is 11.4 Å². The number of rotatable bonds is 6. The average Bonchev–Trinajstić information content (AvgIpc) is 2.72. The summed E-state index contributed by atoms with van der Waals surface area (Å²) in [5.74, 6) is 0. The lowest BCUT2D eigenvalue weighted by atomic mass is 9.94. The first-order chi connectivity index (χ1) is 14.6. The van der Waals surface area contributed by atoms with Crippen molar-refractivity contribution in [3.63, 3.8) is 0 Å². The van der Waals surface area contributed by atoms with E-state index in [0.717, 1.165) is 11.1 Å². The molecule has 1 unspecified atom stereocenters. The highest BCUT2D eigenvalue weighted by molar-refractivity contribution is 7.92. The molecule has 0 spiro atoms. The summed E-state index contributed by atoms with van der Waals surface area (Å²) in [4.78, 5) is 0. The molecule has 3 aromatic carbocycles. The second-order valence-electron chi connectivity index (χ2n) is 7.58. The van der Waals surface area contributed by atoms with E-state index in [9.17, 15) is 8.42 Å². The van der Waals surface area contributed by atoms with Crippen LogP contribution in [0.3, 0.4) is 0 Å². The van der Waals surface area contributed by atoms with Gasteiger partial charge in [0.05, 0.1) is 18.0 Å². The lowest BCUT2D eigenvalue weighted by Crippen LogP contribution is -2.33. The van der Waals surface area contributed by atoms with Gasteiger partial charge in [0.2, 0.25) is 10.0 Å². The average molecular weight is 454 g/mol. The summed E-state index contributed by atoms with van der Waals surface area (Å²) in [5, 5.41) is 7.07. The van der Waals surface area contributed by atoms with E-state index in [0.29, 0.717) is 16.5 Å². The molecule has 0 radical (unpaired) electrons. The van der Waals surface area contributed by atoms with E-state index in [4.69, 9.17) is 12.2 Å². The van der Waals surface area contributed by atoms with Gasteiger partial charge in [-0.1, -0.05) is 60.2 Å². The third-order valence-electron chi connectivity index (χ3n) is 5.11. The first-order valence-corrected chi connectivity index (χ1v) is 12.1. The van der Waals surface area contributed by atoms with Crippen molar-refractivity contribution < 1.29 is 8.42 Å². The van der Waals surface area contributed by atoms with Crippen molar-refractivity contribution in [3.8, 4) is 0 Å². The van der Waals surface area contributed by atoms with Crippen LogP contribution < -0.4 is 14.9 Å². The Morgan fingerprint density at radius 1 is 0.968 bits per heavy atom. The van der Waals surface area contributed by atoms with Crippen LogP contribution >= 0.6 is 12.2 Å². The number of aryl methyl sites for hydroxylation is 2. The van der Waals surface area contributed by atoms with Crippen molar-refractivity contribution in [2.45, 2.75) is 19.9 Å². The minimum Gasteiger partial charge on any atom is -0.352 e. The summed E-state index contributed by atoms with van der Waals surface area (Å²) in [6.45, 7) is 4.18. The molecule has 0 saturated heterocycles. The van der Waals surface area contributed by atoms with Gasteiger partial charge in [0, 0.05) is 12.7 Å². The Kier molecular flexibility index (Phi) is 6.97.